The molecular formula is C26H22Cl2FN3O6. The van der Waals surface area contributed by atoms with Gasteiger partial charge in [-0.15, -0.1) is 0 Å². The average molecular weight is 562 g/mol. The third-order valence-electron chi connectivity index (χ3n) is 5.54. The molecule has 2 aromatic carbocycles. The molecule has 1 aromatic heterocycles. The zero-order valence-corrected chi connectivity index (χ0v) is 21.2. The highest BCUT2D eigenvalue weighted by Crippen LogP contribution is 2.25. The number of Topliss-reactive ketones (excluding diaryl/α,β-unsaturated/α-hetero) is 1. The normalized spacial score (nSPS) is 12.3. The third kappa shape index (κ3) is 7.05. The van der Waals surface area contributed by atoms with Gasteiger partial charge in [-0.05, 0) is 29.8 Å². The summed E-state index contributed by atoms with van der Waals surface area (Å²) in [6.07, 6.45) is 0.427. The van der Waals surface area contributed by atoms with Crippen LogP contribution in [-0.2, 0) is 20.8 Å². The van der Waals surface area contributed by atoms with Gasteiger partial charge in [0.2, 0.25) is 5.91 Å². The second-order valence-electron chi connectivity index (χ2n) is 8.15. The Hall–Kier alpha value is -4.02. The monoisotopic (exact) mass is 561 g/mol. The molecular weight excluding hydrogens is 540 g/mol. The number of alkyl halides is 1. The number of hydrogen-bond donors (Lipinski definition) is 3. The number of amides is 2. The van der Waals surface area contributed by atoms with Crippen LogP contribution in [0.5, 0.6) is 0 Å². The number of pyridine rings is 1. The molecule has 0 saturated heterocycles. The Morgan fingerprint density at radius 1 is 0.947 bits per heavy atom. The van der Waals surface area contributed by atoms with Crippen LogP contribution < -0.4 is 16.2 Å². The van der Waals surface area contributed by atoms with E-state index >= 15 is 0 Å². The van der Waals surface area contributed by atoms with Crippen LogP contribution in [0.25, 0.3) is 0 Å². The number of ketones is 1. The van der Waals surface area contributed by atoms with Gasteiger partial charge in [0.25, 0.3) is 11.5 Å². The van der Waals surface area contributed by atoms with Gasteiger partial charge >= 0.3 is 5.97 Å². The summed E-state index contributed by atoms with van der Waals surface area (Å²) in [6.45, 7) is -1.48. The van der Waals surface area contributed by atoms with Crippen LogP contribution in [0.2, 0.25) is 10.0 Å². The predicted octanol–water partition coefficient (Wildman–Crippen LogP) is 3.69. The Labute approximate surface area is 226 Å². The number of rotatable bonds is 11. The molecule has 0 aliphatic carbocycles. The molecule has 0 fully saturated rings. The molecule has 3 aromatic rings. The number of carbonyl (C=O) groups excluding carboxylic acids is 3. The van der Waals surface area contributed by atoms with Crippen molar-refractivity contribution in [2.45, 2.75) is 24.9 Å². The number of halogens is 3. The highest BCUT2D eigenvalue weighted by atomic mass is 35.5. The van der Waals surface area contributed by atoms with Gasteiger partial charge < -0.3 is 20.3 Å². The van der Waals surface area contributed by atoms with Crippen LogP contribution in [0.4, 0.5) is 10.1 Å². The second kappa shape index (κ2) is 13.0. The molecule has 3 rings (SSSR count). The minimum absolute atomic E-state index is 0.0378. The zero-order valence-electron chi connectivity index (χ0n) is 19.7. The lowest BCUT2D eigenvalue weighted by Crippen LogP contribution is -2.47. The summed E-state index contributed by atoms with van der Waals surface area (Å²) in [5.41, 5.74) is -0.373. The van der Waals surface area contributed by atoms with Crippen molar-refractivity contribution in [1.82, 2.24) is 9.88 Å². The molecule has 0 spiro atoms. The van der Waals surface area contributed by atoms with Crippen LogP contribution in [0.1, 0.15) is 28.4 Å². The quantitative estimate of drug-likeness (QED) is 0.327. The molecule has 1 heterocycles. The first-order chi connectivity index (χ1) is 18.1. The number of aliphatic carboxylic acids is 1. The molecule has 0 aliphatic rings. The van der Waals surface area contributed by atoms with Gasteiger partial charge in [0, 0.05) is 12.6 Å². The molecule has 198 valence electrons. The van der Waals surface area contributed by atoms with Crippen molar-refractivity contribution < 1.29 is 28.7 Å². The van der Waals surface area contributed by atoms with Crippen molar-refractivity contribution in [2.24, 2.45) is 0 Å². The van der Waals surface area contributed by atoms with E-state index in [1.807, 2.05) is 0 Å². The maximum atomic E-state index is 13.4. The number of aromatic nitrogens is 1. The third-order valence-corrected chi connectivity index (χ3v) is 6.17. The molecule has 2 atom stereocenters. The van der Waals surface area contributed by atoms with Crippen LogP contribution in [-0.4, -0.2) is 46.0 Å². The maximum absolute atomic E-state index is 13.4. The lowest BCUT2D eigenvalue weighted by molar-refractivity contribution is -0.140. The molecule has 2 amide bonds. The molecule has 0 aliphatic heterocycles. The Balaban J connectivity index is 1.99. The molecule has 0 radical (unpaired) electrons. The smallest absolute Gasteiger partial charge is 0.305 e. The van der Waals surface area contributed by atoms with Crippen molar-refractivity contribution in [2.75, 3.05) is 12.0 Å². The van der Waals surface area contributed by atoms with E-state index in [1.165, 1.54) is 30.5 Å². The summed E-state index contributed by atoms with van der Waals surface area (Å²) in [6, 6.07) is 12.9. The number of benzene rings is 2. The number of nitrogens with zero attached hydrogens (tertiary/aromatic N) is 1. The molecule has 3 N–H and O–H groups in total. The molecule has 2 unspecified atom stereocenters. The SMILES string of the molecule is O=C(O)CC(NC(=O)C(Cc1ccccc1)n1cccc(NC(=O)c2c(Cl)cccc2Cl)c1=O)C(=O)CF. The van der Waals surface area contributed by atoms with E-state index in [-0.39, 0.29) is 27.7 Å². The van der Waals surface area contributed by atoms with Crippen LogP contribution >= 0.6 is 23.2 Å². The fraction of sp³-hybridized carbons (Fsp3) is 0.192. The van der Waals surface area contributed by atoms with Crippen LogP contribution in [0, 0.1) is 0 Å². The molecule has 12 heteroatoms. The summed E-state index contributed by atoms with van der Waals surface area (Å²) < 4.78 is 14.1. The highest BCUT2D eigenvalue weighted by Gasteiger charge is 2.29. The van der Waals surface area contributed by atoms with Crippen molar-refractivity contribution in [1.29, 1.82) is 0 Å². The van der Waals surface area contributed by atoms with E-state index in [9.17, 15) is 28.4 Å². The van der Waals surface area contributed by atoms with E-state index in [2.05, 4.69) is 10.6 Å². The van der Waals surface area contributed by atoms with E-state index < -0.39 is 54.3 Å². The summed E-state index contributed by atoms with van der Waals surface area (Å²) >= 11 is 12.2. The number of nitrogens with one attached hydrogen (secondary N) is 2. The topological polar surface area (TPSA) is 135 Å². The minimum Gasteiger partial charge on any atom is -0.481 e. The van der Waals surface area contributed by atoms with Gasteiger partial charge in [-0.1, -0.05) is 59.6 Å². The Morgan fingerprint density at radius 2 is 1.61 bits per heavy atom. The van der Waals surface area contributed by atoms with E-state index in [4.69, 9.17) is 28.3 Å². The summed E-state index contributed by atoms with van der Waals surface area (Å²) in [4.78, 5) is 62.6. The predicted molar refractivity (Wildman–Crippen MR) is 139 cm³/mol. The molecule has 9 nitrogen and oxygen atoms in total. The first kappa shape index (κ1) is 28.5. The molecule has 0 bridgehead atoms. The number of carboxylic acid groups (broad SMARTS) is 1. The lowest BCUT2D eigenvalue weighted by Gasteiger charge is -2.23. The van der Waals surface area contributed by atoms with Crippen molar-refractivity contribution in [3.63, 3.8) is 0 Å². The van der Waals surface area contributed by atoms with Crippen molar-refractivity contribution >= 4 is 52.5 Å². The number of carboxylic acids is 1. The lowest BCUT2D eigenvalue weighted by atomic mass is 10.0. The summed E-state index contributed by atoms with van der Waals surface area (Å²) in [7, 11) is 0. The van der Waals surface area contributed by atoms with Crippen molar-refractivity contribution in [3.05, 3.63) is 98.4 Å². The van der Waals surface area contributed by atoms with Gasteiger partial charge in [0.1, 0.15) is 24.4 Å². The van der Waals surface area contributed by atoms with Gasteiger partial charge in [-0.2, -0.15) is 0 Å². The van der Waals surface area contributed by atoms with Gasteiger partial charge in [0.15, 0.2) is 5.78 Å². The minimum atomic E-state index is -1.63. The van der Waals surface area contributed by atoms with E-state index in [0.29, 0.717) is 5.56 Å². The Kier molecular flexibility index (Phi) is 9.75. The second-order valence-corrected chi connectivity index (χ2v) is 8.96. The van der Waals surface area contributed by atoms with E-state index in [1.54, 1.807) is 36.4 Å². The van der Waals surface area contributed by atoms with Crippen LogP contribution in [0.3, 0.4) is 0 Å². The van der Waals surface area contributed by atoms with Crippen molar-refractivity contribution in [3.8, 4) is 0 Å². The molecule has 38 heavy (non-hydrogen) atoms. The Bertz CT molecular complexity index is 1390. The van der Waals surface area contributed by atoms with Gasteiger partial charge in [0.05, 0.1) is 22.0 Å². The Morgan fingerprint density at radius 3 is 2.21 bits per heavy atom. The molecule has 0 saturated carbocycles. The summed E-state index contributed by atoms with van der Waals surface area (Å²) in [5, 5.41) is 13.9. The number of anilines is 1. The van der Waals surface area contributed by atoms with Crippen LogP contribution in [0.15, 0.2) is 71.7 Å². The van der Waals surface area contributed by atoms with Gasteiger partial charge in [-0.25, -0.2) is 4.39 Å². The zero-order chi connectivity index (χ0) is 27.8. The first-order valence-electron chi connectivity index (χ1n) is 11.2. The number of carbonyl (C=O) groups is 4. The van der Waals surface area contributed by atoms with Gasteiger partial charge in [-0.3, -0.25) is 24.0 Å². The fourth-order valence-electron chi connectivity index (χ4n) is 3.69. The maximum Gasteiger partial charge on any atom is 0.305 e. The largest absolute Gasteiger partial charge is 0.481 e. The van der Waals surface area contributed by atoms with E-state index in [0.717, 1.165) is 4.57 Å². The average Bonchev–Trinajstić information content (AvgIpc) is 2.88. The number of hydrogen-bond acceptors (Lipinski definition) is 5. The standard InChI is InChI=1S/C26H22Cl2FN3O6/c27-16-8-4-9-17(28)23(16)25(37)30-18-10-5-11-32(26(18)38)20(12-15-6-2-1-3-7-15)24(36)31-19(13-22(34)35)21(33)14-29/h1-11,19-20H,12-14H2,(H,30,37)(H,31,36)(H,34,35). The fourth-order valence-corrected chi connectivity index (χ4v) is 4.26. The first-order valence-corrected chi connectivity index (χ1v) is 12.0. The summed E-state index contributed by atoms with van der Waals surface area (Å²) in [5.74, 6) is -4.18. The highest BCUT2D eigenvalue weighted by molar-refractivity contribution is 6.40.